The first-order chi connectivity index (χ1) is 4.35. The first kappa shape index (κ1) is 7.41. The smallest absolute Gasteiger partial charge is 0.307 e. The highest BCUT2D eigenvalue weighted by molar-refractivity contribution is 5.49. The number of hydrogen-bond acceptors (Lipinski definition) is 5. The van der Waals surface area contributed by atoms with Gasteiger partial charge in [0.05, 0.1) is 0 Å². The third-order valence-electron chi connectivity index (χ3n) is 0.380. The van der Waals surface area contributed by atoms with Gasteiger partial charge in [-0.3, -0.25) is 14.4 Å². The predicted octanol–water partition coefficient (Wildman–Crippen LogP) is -1.38. The number of nitrogens with zero attached hydrogens (tertiary/aromatic N) is 1. The van der Waals surface area contributed by atoms with Crippen molar-refractivity contribution in [1.29, 1.82) is 0 Å². The zero-order valence-corrected chi connectivity index (χ0v) is 4.22. The van der Waals surface area contributed by atoms with Crippen LogP contribution in [0.4, 0.5) is 0 Å². The minimum absolute atomic E-state index is 0.0167. The highest BCUT2D eigenvalue weighted by Gasteiger charge is 1.97. The summed E-state index contributed by atoms with van der Waals surface area (Å²) in [6.45, 7) is -0.115. The van der Waals surface area contributed by atoms with Crippen LogP contribution in [0.2, 0.25) is 0 Å². The summed E-state index contributed by atoms with van der Waals surface area (Å²) in [6, 6.07) is 0. The van der Waals surface area contributed by atoms with Crippen molar-refractivity contribution in [3.05, 3.63) is 0 Å². The fraction of sp³-hybridized carbons (Fsp3) is 0. The highest BCUT2D eigenvalue weighted by Crippen LogP contribution is 1.79. The zero-order valence-electron chi connectivity index (χ0n) is 4.22. The maximum absolute atomic E-state index is 9.64. The predicted molar refractivity (Wildman–Crippen MR) is 22.2 cm³/mol. The van der Waals surface area contributed by atoms with Gasteiger partial charge in [-0.1, -0.05) is 0 Å². The van der Waals surface area contributed by atoms with Crippen molar-refractivity contribution in [2.45, 2.75) is 0 Å². The van der Waals surface area contributed by atoms with Gasteiger partial charge in [0.25, 0.3) is 6.41 Å². The Bertz CT molecular complexity index is 103. The number of amides is 1. The molecule has 0 aromatic carbocycles. The summed E-state index contributed by atoms with van der Waals surface area (Å²) >= 11 is 0. The summed E-state index contributed by atoms with van der Waals surface area (Å²) in [7, 11) is 0. The molecule has 0 aromatic rings. The fourth-order valence-corrected chi connectivity index (χ4v) is 0.159. The molecule has 6 heteroatoms. The summed E-state index contributed by atoms with van der Waals surface area (Å²) in [5.41, 5.74) is 0. The lowest BCUT2D eigenvalue weighted by Gasteiger charge is -2.05. The van der Waals surface area contributed by atoms with Gasteiger partial charge >= 0.3 is 12.9 Å². The largest absolute Gasteiger partial charge is 0.325 e. The molecular weight excluding hydrogens is 130 g/mol. The summed E-state index contributed by atoms with van der Waals surface area (Å²) in [4.78, 5) is 36.0. The molecular formula is C3H3NO5. The first-order valence-electron chi connectivity index (χ1n) is 1.80. The second-order valence-electron chi connectivity index (χ2n) is 0.794. The average Bonchev–Trinajstić information content (AvgIpc) is 1.88. The SMILES string of the molecule is O=CON(C=O)OC=O. The van der Waals surface area contributed by atoms with Gasteiger partial charge in [0.15, 0.2) is 0 Å². The number of hydroxylamine groups is 2. The van der Waals surface area contributed by atoms with Crippen molar-refractivity contribution in [3.63, 3.8) is 0 Å². The third-order valence-corrected chi connectivity index (χ3v) is 0.380. The van der Waals surface area contributed by atoms with Gasteiger partial charge in [0, 0.05) is 5.23 Å². The Labute approximate surface area is 49.8 Å². The van der Waals surface area contributed by atoms with Gasteiger partial charge in [0.1, 0.15) is 0 Å². The molecule has 0 aliphatic rings. The van der Waals surface area contributed by atoms with Gasteiger partial charge < -0.3 is 9.68 Å². The molecule has 0 aliphatic heterocycles. The molecule has 0 aliphatic carbocycles. The molecule has 0 aromatic heterocycles. The quantitative estimate of drug-likeness (QED) is 0.341. The van der Waals surface area contributed by atoms with Crippen LogP contribution in [0.25, 0.3) is 0 Å². The van der Waals surface area contributed by atoms with E-state index in [0.29, 0.717) is 0 Å². The van der Waals surface area contributed by atoms with Crippen LogP contribution in [-0.4, -0.2) is 24.6 Å². The molecule has 0 atom stereocenters. The second kappa shape index (κ2) is 4.57. The van der Waals surface area contributed by atoms with Crippen molar-refractivity contribution in [2.24, 2.45) is 0 Å². The van der Waals surface area contributed by atoms with Crippen molar-refractivity contribution in [3.8, 4) is 0 Å². The zero-order chi connectivity index (χ0) is 7.11. The molecule has 0 spiro atoms. The Morgan fingerprint density at radius 1 is 1.00 bits per heavy atom. The molecule has 6 nitrogen and oxygen atoms in total. The molecule has 1 amide bonds. The molecule has 9 heavy (non-hydrogen) atoms. The highest BCUT2D eigenvalue weighted by atomic mass is 17.0. The van der Waals surface area contributed by atoms with Gasteiger partial charge in [0.2, 0.25) is 0 Å². The summed E-state index contributed by atoms with van der Waals surface area (Å²) < 4.78 is 0. The average molecular weight is 133 g/mol. The van der Waals surface area contributed by atoms with E-state index in [1.165, 1.54) is 0 Å². The molecule has 0 heterocycles. The normalized spacial score (nSPS) is 7.11. The Balaban J connectivity index is 3.51. The lowest BCUT2D eigenvalue weighted by atomic mass is 11.4. The van der Waals surface area contributed by atoms with Crippen LogP contribution in [0.3, 0.4) is 0 Å². The number of hydrogen-bond donors (Lipinski definition) is 0. The van der Waals surface area contributed by atoms with E-state index < -0.39 is 0 Å². The van der Waals surface area contributed by atoms with Crippen molar-refractivity contribution < 1.29 is 24.1 Å². The third kappa shape index (κ3) is 3.03. The van der Waals surface area contributed by atoms with Crippen LogP contribution in [-0.2, 0) is 24.1 Å². The topological polar surface area (TPSA) is 72.9 Å². The molecule has 0 unspecified atom stereocenters. The van der Waals surface area contributed by atoms with Crippen molar-refractivity contribution >= 4 is 19.4 Å². The van der Waals surface area contributed by atoms with Crippen LogP contribution in [0.15, 0.2) is 0 Å². The molecule has 0 radical (unpaired) electrons. The van der Waals surface area contributed by atoms with Crippen LogP contribution < -0.4 is 0 Å². The standard InChI is InChI=1S/C3H3NO5/c5-1-4(8-2-6)9-3-7/h1-3H. The summed E-state index contributed by atoms with van der Waals surface area (Å²) in [5, 5.41) is 0.0694. The number of rotatable bonds is 5. The van der Waals surface area contributed by atoms with Crippen LogP contribution >= 0.6 is 0 Å². The lowest BCUT2D eigenvalue weighted by molar-refractivity contribution is -0.284. The van der Waals surface area contributed by atoms with Crippen LogP contribution in [0.5, 0.6) is 0 Å². The minimum Gasteiger partial charge on any atom is -0.307 e. The Kier molecular flexibility index (Phi) is 3.76. The molecule has 0 N–H and O–H groups in total. The van der Waals surface area contributed by atoms with E-state index in [1.807, 2.05) is 0 Å². The van der Waals surface area contributed by atoms with Gasteiger partial charge in [-0.05, 0) is 0 Å². The molecule has 0 rings (SSSR count). The molecule has 0 saturated heterocycles. The first-order valence-corrected chi connectivity index (χ1v) is 1.80. The van der Waals surface area contributed by atoms with Gasteiger partial charge in [-0.2, -0.15) is 0 Å². The fourth-order valence-electron chi connectivity index (χ4n) is 0.159. The van der Waals surface area contributed by atoms with Crippen LogP contribution in [0, 0.1) is 0 Å². The van der Waals surface area contributed by atoms with E-state index in [0.717, 1.165) is 0 Å². The van der Waals surface area contributed by atoms with E-state index in [1.54, 1.807) is 0 Å². The van der Waals surface area contributed by atoms with E-state index in [4.69, 9.17) is 0 Å². The maximum atomic E-state index is 9.64. The van der Waals surface area contributed by atoms with Gasteiger partial charge in [-0.25, -0.2) is 0 Å². The Hall–Kier alpha value is -1.59. The monoisotopic (exact) mass is 133 g/mol. The number of carbonyl (C=O) groups is 3. The number of carbonyl (C=O) groups excluding carboxylic acids is 3. The second-order valence-corrected chi connectivity index (χ2v) is 0.794. The van der Waals surface area contributed by atoms with E-state index in [-0.39, 0.29) is 24.6 Å². The molecule has 50 valence electrons. The van der Waals surface area contributed by atoms with Crippen molar-refractivity contribution in [2.75, 3.05) is 0 Å². The molecule has 0 bridgehead atoms. The van der Waals surface area contributed by atoms with E-state index >= 15 is 0 Å². The van der Waals surface area contributed by atoms with E-state index in [9.17, 15) is 14.4 Å². The van der Waals surface area contributed by atoms with E-state index in [2.05, 4.69) is 9.68 Å². The van der Waals surface area contributed by atoms with Crippen molar-refractivity contribution in [1.82, 2.24) is 5.23 Å². The molecule has 0 fully saturated rings. The minimum atomic E-state index is -0.0576. The van der Waals surface area contributed by atoms with Crippen LogP contribution in [0.1, 0.15) is 0 Å². The Morgan fingerprint density at radius 3 is 1.67 bits per heavy atom. The van der Waals surface area contributed by atoms with Gasteiger partial charge in [-0.15, -0.1) is 0 Å². The summed E-state index contributed by atoms with van der Waals surface area (Å²) in [5.74, 6) is 0. The maximum Gasteiger partial charge on any atom is 0.325 e. The Morgan fingerprint density at radius 2 is 1.44 bits per heavy atom. The molecule has 0 saturated carbocycles. The summed E-state index contributed by atoms with van der Waals surface area (Å²) in [6.07, 6.45) is 0.0167. The lowest BCUT2D eigenvalue weighted by Crippen LogP contribution is -2.21.